The Morgan fingerprint density at radius 1 is 1.27 bits per heavy atom. The van der Waals surface area contributed by atoms with Crippen molar-refractivity contribution in [3.05, 3.63) is 30.5 Å². The van der Waals surface area contributed by atoms with Crippen molar-refractivity contribution in [2.24, 2.45) is 5.92 Å². The van der Waals surface area contributed by atoms with Crippen LogP contribution in [-0.4, -0.2) is 47.5 Å². The van der Waals surface area contributed by atoms with Crippen molar-refractivity contribution in [2.45, 2.75) is 33.2 Å². The normalized spacial score (nSPS) is 17.2. The summed E-state index contributed by atoms with van der Waals surface area (Å²) in [7, 11) is 0. The molecule has 2 heterocycles. The summed E-state index contributed by atoms with van der Waals surface area (Å²) < 4.78 is 1.96. The molecule has 26 heavy (non-hydrogen) atoms. The van der Waals surface area contributed by atoms with Crippen LogP contribution in [0.1, 0.15) is 26.7 Å². The van der Waals surface area contributed by atoms with Gasteiger partial charge in [0.2, 0.25) is 11.8 Å². The summed E-state index contributed by atoms with van der Waals surface area (Å²) in [5.41, 5.74) is 1.81. The molecule has 1 aliphatic rings. The highest BCUT2D eigenvalue weighted by Crippen LogP contribution is 2.22. The van der Waals surface area contributed by atoms with Crippen LogP contribution in [-0.2, 0) is 16.1 Å². The van der Waals surface area contributed by atoms with Gasteiger partial charge in [-0.2, -0.15) is 0 Å². The number of anilines is 1. The van der Waals surface area contributed by atoms with E-state index in [1.54, 1.807) is 0 Å². The summed E-state index contributed by atoms with van der Waals surface area (Å²) in [6.45, 7) is 7.51. The standard InChI is InChI=1S/C20H28N4O2/c1-3-23(4-2)19(25)14-24-11-9-15-12-17(7-8-18(15)24)22-20(26)16-6-5-10-21-13-16/h7-9,11-12,16,21H,3-6,10,13-14H2,1-2H3,(H,22,26). The van der Waals surface area contributed by atoms with Crippen LogP contribution < -0.4 is 10.6 Å². The molecule has 1 aromatic heterocycles. The summed E-state index contributed by atoms with van der Waals surface area (Å²) in [5, 5.41) is 7.32. The fourth-order valence-electron chi connectivity index (χ4n) is 3.56. The van der Waals surface area contributed by atoms with E-state index >= 15 is 0 Å². The summed E-state index contributed by atoms with van der Waals surface area (Å²) in [4.78, 5) is 26.6. The van der Waals surface area contributed by atoms with Gasteiger partial charge in [0.15, 0.2) is 0 Å². The number of carbonyl (C=O) groups is 2. The average Bonchev–Trinajstić information content (AvgIpc) is 3.05. The van der Waals surface area contributed by atoms with Crippen molar-refractivity contribution in [1.29, 1.82) is 0 Å². The lowest BCUT2D eigenvalue weighted by atomic mass is 9.99. The molecule has 0 bridgehead atoms. The Morgan fingerprint density at radius 3 is 2.77 bits per heavy atom. The highest BCUT2D eigenvalue weighted by molar-refractivity contribution is 5.95. The highest BCUT2D eigenvalue weighted by atomic mass is 16.2. The van der Waals surface area contributed by atoms with Crippen molar-refractivity contribution in [2.75, 3.05) is 31.5 Å². The minimum absolute atomic E-state index is 0.0377. The number of hydrogen-bond acceptors (Lipinski definition) is 3. The van der Waals surface area contributed by atoms with E-state index in [1.807, 2.05) is 53.8 Å². The topological polar surface area (TPSA) is 66.4 Å². The van der Waals surface area contributed by atoms with Crippen LogP contribution in [0.4, 0.5) is 5.69 Å². The van der Waals surface area contributed by atoms with Crippen LogP contribution in [0.25, 0.3) is 10.9 Å². The van der Waals surface area contributed by atoms with Crippen LogP contribution in [0.2, 0.25) is 0 Å². The molecule has 140 valence electrons. The molecule has 6 nitrogen and oxygen atoms in total. The largest absolute Gasteiger partial charge is 0.342 e. The van der Waals surface area contributed by atoms with Crippen LogP contribution in [0, 0.1) is 5.92 Å². The average molecular weight is 356 g/mol. The molecule has 1 fully saturated rings. The number of rotatable bonds is 6. The number of fused-ring (bicyclic) bond motifs is 1. The zero-order valence-corrected chi connectivity index (χ0v) is 15.6. The van der Waals surface area contributed by atoms with Crippen molar-refractivity contribution in [3.8, 4) is 0 Å². The van der Waals surface area contributed by atoms with Gasteiger partial charge < -0.3 is 20.1 Å². The molecular formula is C20H28N4O2. The molecule has 2 amide bonds. The fourth-order valence-corrected chi connectivity index (χ4v) is 3.56. The van der Waals surface area contributed by atoms with E-state index in [-0.39, 0.29) is 17.7 Å². The molecule has 0 saturated carbocycles. The first-order chi connectivity index (χ1) is 12.6. The SMILES string of the molecule is CCN(CC)C(=O)Cn1ccc2cc(NC(=O)C3CCCNC3)ccc21. The number of hydrogen-bond donors (Lipinski definition) is 2. The van der Waals surface area contributed by atoms with Gasteiger partial charge in [-0.05, 0) is 57.5 Å². The summed E-state index contributed by atoms with van der Waals surface area (Å²) in [6, 6.07) is 7.85. The van der Waals surface area contributed by atoms with Gasteiger partial charge in [-0.3, -0.25) is 9.59 Å². The molecular weight excluding hydrogens is 328 g/mol. The van der Waals surface area contributed by atoms with Gasteiger partial charge in [0, 0.05) is 42.4 Å². The quantitative estimate of drug-likeness (QED) is 0.835. The van der Waals surface area contributed by atoms with Gasteiger partial charge in [0.25, 0.3) is 0 Å². The van der Waals surface area contributed by atoms with Gasteiger partial charge in [0.1, 0.15) is 6.54 Å². The van der Waals surface area contributed by atoms with Gasteiger partial charge >= 0.3 is 0 Å². The predicted octanol–water partition coefficient (Wildman–Crippen LogP) is 2.45. The molecule has 6 heteroatoms. The first-order valence-corrected chi connectivity index (χ1v) is 9.50. The molecule has 0 spiro atoms. The maximum atomic E-state index is 12.4. The third-order valence-electron chi connectivity index (χ3n) is 5.13. The number of likely N-dealkylation sites (N-methyl/N-ethyl adjacent to an activating group) is 1. The van der Waals surface area contributed by atoms with Crippen molar-refractivity contribution in [3.63, 3.8) is 0 Å². The van der Waals surface area contributed by atoms with E-state index in [4.69, 9.17) is 0 Å². The molecule has 3 rings (SSSR count). The lowest BCUT2D eigenvalue weighted by Crippen LogP contribution is -2.37. The Kier molecular flexibility index (Phi) is 5.93. The third kappa shape index (κ3) is 4.07. The zero-order valence-electron chi connectivity index (χ0n) is 15.6. The monoisotopic (exact) mass is 356 g/mol. The molecule has 1 aromatic carbocycles. The van der Waals surface area contributed by atoms with Crippen LogP contribution in [0.3, 0.4) is 0 Å². The van der Waals surface area contributed by atoms with E-state index < -0.39 is 0 Å². The third-order valence-corrected chi connectivity index (χ3v) is 5.13. The Labute approximate surface area is 154 Å². The van der Waals surface area contributed by atoms with Gasteiger partial charge in [0.05, 0.1) is 5.92 Å². The Morgan fingerprint density at radius 2 is 2.08 bits per heavy atom. The molecule has 2 N–H and O–H groups in total. The van der Waals surface area contributed by atoms with Gasteiger partial charge in [-0.1, -0.05) is 0 Å². The Hall–Kier alpha value is -2.34. The lowest BCUT2D eigenvalue weighted by Gasteiger charge is -2.22. The molecule has 1 unspecified atom stereocenters. The molecule has 1 atom stereocenters. The second-order valence-corrected chi connectivity index (χ2v) is 6.82. The van der Waals surface area contributed by atoms with Crippen LogP contribution in [0.15, 0.2) is 30.5 Å². The number of amides is 2. The van der Waals surface area contributed by atoms with E-state index in [0.29, 0.717) is 6.54 Å². The van der Waals surface area contributed by atoms with Crippen molar-refractivity contribution in [1.82, 2.24) is 14.8 Å². The van der Waals surface area contributed by atoms with E-state index in [1.165, 1.54) is 0 Å². The van der Waals surface area contributed by atoms with Crippen LogP contribution >= 0.6 is 0 Å². The van der Waals surface area contributed by atoms with E-state index in [0.717, 1.165) is 55.6 Å². The zero-order chi connectivity index (χ0) is 18.5. The Bertz CT molecular complexity index is 773. The molecule has 1 aliphatic heterocycles. The fraction of sp³-hybridized carbons (Fsp3) is 0.500. The van der Waals surface area contributed by atoms with Gasteiger partial charge in [-0.15, -0.1) is 0 Å². The van der Waals surface area contributed by atoms with Crippen LogP contribution in [0.5, 0.6) is 0 Å². The second kappa shape index (κ2) is 8.36. The first kappa shape index (κ1) is 18.5. The van der Waals surface area contributed by atoms with Crippen molar-refractivity contribution < 1.29 is 9.59 Å². The number of nitrogens with one attached hydrogen (secondary N) is 2. The number of piperidine rings is 1. The second-order valence-electron chi connectivity index (χ2n) is 6.82. The molecule has 1 saturated heterocycles. The molecule has 2 aromatic rings. The maximum absolute atomic E-state index is 12.4. The molecule has 0 aliphatic carbocycles. The minimum Gasteiger partial charge on any atom is -0.342 e. The Balaban J connectivity index is 1.70. The predicted molar refractivity (Wildman–Crippen MR) is 104 cm³/mol. The van der Waals surface area contributed by atoms with Crippen molar-refractivity contribution >= 4 is 28.4 Å². The summed E-state index contributed by atoms with van der Waals surface area (Å²) in [6.07, 6.45) is 3.91. The van der Waals surface area contributed by atoms with E-state index in [2.05, 4.69) is 10.6 Å². The number of nitrogens with zero attached hydrogens (tertiary/aromatic N) is 2. The molecule has 0 radical (unpaired) electrons. The lowest BCUT2D eigenvalue weighted by molar-refractivity contribution is -0.131. The summed E-state index contributed by atoms with van der Waals surface area (Å²) >= 11 is 0. The maximum Gasteiger partial charge on any atom is 0.242 e. The first-order valence-electron chi connectivity index (χ1n) is 9.50. The minimum atomic E-state index is 0.0377. The number of benzene rings is 1. The summed E-state index contributed by atoms with van der Waals surface area (Å²) in [5.74, 6) is 0.234. The van der Waals surface area contributed by atoms with Gasteiger partial charge in [-0.25, -0.2) is 0 Å². The smallest absolute Gasteiger partial charge is 0.242 e. The van der Waals surface area contributed by atoms with E-state index in [9.17, 15) is 9.59 Å². The number of aromatic nitrogens is 1. The highest BCUT2D eigenvalue weighted by Gasteiger charge is 2.21. The number of carbonyl (C=O) groups excluding carboxylic acids is 2.